The summed E-state index contributed by atoms with van der Waals surface area (Å²) in [5, 5.41) is 2.92. The van der Waals surface area contributed by atoms with Crippen LogP contribution in [0, 0.1) is 0 Å². The van der Waals surface area contributed by atoms with Gasteiger partial charge in [0.15, 0.2) is 0 Å². The number of hydrogen-bond donors (Lipinski definition) is 1. The van der Waals surface area contributed by atoms with Crippen LogP contribution in [0.4, 0.5) is 4.79 Å². The second-order valence-electron chi connectivity index (χ2n) is 5.72. The van der Waals surface area contributed by atoms with Gasteiger partial charge in [-0.3, -0.25) is 0 Å². The van der Waals surface area contributed by atoms with Crippen molar-refractivity contribution in [2.45, 2.75) is 26.2 Å². The van der Waals surface area contributed by atoms with Crippen LogP contribution in [0.2, 0.25) is 0 Å². The normalized spacial score (nSPS) is 13.5. The molecule has 0 saturated carbocycles. The number of carbonyl (C=O) groups excluding carboxylic acids is 1. The van der Waals surface area contributed by atoms with Gasteiger partial charge in [0.1, 0.15) is 11.5 Å². The van der Waals surface area contributed by atoms with Gasteiger partial charge >= 0.3 is 6.03 Å². The highest BCUT2D eigenvalue weighted by Crippen LogP contribution is 2.23. The first-order chi connectivity index (χ1) is 10.6. The Morgan fingerprint density at radius 2 is 2.09 bits per heavy atom. The summed E-state index contributed by atoms with van der Waals surface area (Å²) in [4.78, 5) is 20.4. The number of amides is 2. The molecule has 0 atom stereocenters. The predicted octanol–water partition coefficient (Wildman–Crippen LogP) is 1.96. The smallest absolute Gasteiger partial charge is 0.318 e. The molecule has 22 heavy (non-hydrogen) atoms. The van der Waals surface area contributed by atoms with Crippen LogP contribution in [-0.4, -0.2) is 34.9 Å². The van der Waals surface area contributed by atoms with Gasteiger partial charge in [0.25, 0.3) is 0 Å². The summed E-state index contributed by atoms with van der Waals surface area (Å²) in [6.45, 7) is 2.19. The van der Waals surface area contributed by atoms with E-state index in [-0.39, 0.29) is 6.03 Å². The summed E-state index contributed by atoms with van der Waals surface area (Å²) in [6.07, 6.45) is 0. The quantitative estimate of drug-likeness (QED) is 0.937. The zero-order valence-electron chi connectivity index (χ0n) is 12.9. The zero-order valence-corrected chi connectivity index (χ0v) is 12.9. The van der Waals surface area contributed by atoms with Gasteiger partial charge in [-0.05, 0) is 19.7 Å². The summed E-state index contributed by atoms with van der Waals surface area (Å²) in [6, 6.07) is 9.77. The molecule has 0 saturated heterocycles. The van der Waals surface area contributed by atoms with E-state index in [1.807, 2.05) is 49.3 Å². The number of hydrogen-bond acceptors (Lipinski definition) is 4. The highest BCUT2D eigenvalue weighted by molar-refractivity contribution is 5.74. The highest BCUT2D eigenvalue weighted by atomic mass is 16.4. The number of rotatable bonds is 4. The second kappa shape index (κ2) is 6.19. The number of aromatic nitrogens is 1. The molecule has 0 aliphatic carbocycles. The van der Waals surface area contributed by atoms with E-state index in [9.17, 15) is 4.79 Å². The number of oxazole rings is 1. The molecule has 1 aliphatic rings. The Kier molecular flexibility index (Phi) is 4.11. The molecule has 0 fully saturated rings. The van der Waals surface area contributed by atoms with Crippen LogP contribution in [0.5, 0.6) is 0 Å². The minimum atomic E-state index is -0.0915. The molecule has 1 aromatic heterocycles. The molecule has 3 rings (SSSR count). The molecule has 2 heterocycles. The first-order valence-corrected chi connectivity index (χ1v) is 7.30. The Morgan fingerprint density at radius 1 is 1.32 bits per heavy atom. The molecule has 1 N–H and O–H groups in total. The van der Waals surface area contributed by atoms with Crippen LogP contribution in [0.25, 0.3) is 0 Å². The Hall–Kier alpha value is -2.34. The molecule has 0 bridgehead atoms. The molecule has 0 unspecified atom stereocenters. The highest BCUT2D eigenvalue weighted by Gasteiger charge is 2.28. The van der Waals surface area contributed by atoms with E-state index >= 15 is 0 Å². The minimum Gasteiger partial charge on any atom is -0.442 e. The minimum absolute atomic E-state index is 0.0915. The van der Waals surface area contributed by atoms with Crippen molar-refractivity contribution in [3.05, 3.63) is 53.2 Å². The third kappa shape index (κ3) is 3.28. The van der Waals surface area contributed by atoms with Crippen molar-refractivity contribution >= 4 is 6.03 Å². The van der Waals surface area contributed by atoms with Crippen molar-refractivity contribution < 1.29 is 9.21 Å². The molecule has 6 nitrogen and oxygen atoms in total. The van der Waals surface area contributed by atoms with Crippen molar-refractivity contribution in [2.75, 3.05) is 14.1 Å². The van der Waals surface area contributed by atoms with Crippen LogP contribution in [0.1, 0.15) is 22.9 Å². The molecule has 0 radical (unpaired) electrons. The maximum Gasteiger partial charge on any atom is 0.318 e. The third-order valence-corrected chi connectivity index (χ3v) is 3.52. The van der Waals surface area contributed by atoms with Gasteiger partial charge < -0.3 is 19.5 Å². The lowest BCUT2D eigenvalue weighted by molar-refractivity contribution is 0.193. The van der Waals surface area contributed by atoms with Crippen LogP contribution >= 0.6 is 0 Å². The number of benzene rings is 1. The van der Waals surface area contributed by atoms with E-state index in [0.717, 1.165) is 17.0 Å². The molecule has 1 aromatic carbocycles. The third-order valence-electron chi connectivity index (χ3n) is 3.52. The van der Waals surface area contributed by atoms with E-state index in [4.69, 9.17) is 4.42 Å². The van der Waals surface area contributed by atoms with Crippen LogP contribution in [-0.2, 0) is 26.2 Å². The van der Waals surface area contributed by atoms with Crippen molar-refractivity contribution in [3.8, 4) is 0 Å². The molecule has 1 aliphatic heterocycles. The summed E-state index contributed by atoms with van der Waals surface area (Å²) in [5.74, 6) is 1.51. The van der Waals surface area contributed by atoms with Crippen molar-refractivity contribution in [3.63, 3.8) is 0 Å². The summed E-state index contributed by atoms with van der Waals surface area (Å²) in [7, 11) is 3.94. The van der Waals surface area contributed by atoms with Crippen LogP contribution in [0.3, 0.4) is 0 Å². The molecule has 6 heteroatoms. The number of urea groups is 1. The molecule has 2 amide bonds. The summed E-state index contributed by atoms with van der Waals surface area (Å²) < 4.78 is 5.71. The van der Waals surface area contributed by atoms with Gasteiger partial charge in [0.2, 0.25) is 5.89 Å². The molecular weight excluding hydrogens is 280 g/mol. The van der Waals surface area contributed by atoms with E-state index < -0.39 is 0 Å². The van der Waals surface area contributed by atoms with Gasteiger partial charge in [-0.25, -0.2) is 9.78 Å². The lowest BCUT2D eigenvalue weighted by Gasteiger charge is -2.16. The average molecular weight is 300 g/mol. The van der Waals surface area contributed by atoms with Gasteiger partial charge in [0, 0.05) is 6.54 Å². The molecular formula is C16H20N4O2. The second-order valence-corrected chi connectivity index (χ2v) is 5.72. The Bertz CT molecular complexity index is 628. The number of fused-ring (bicyclic) bond motifs is 1. The SMILES string of the molecule is CN(C)Cc1nc2c(o1)CN(C(=O)NCc1ccccc1)C2. The lowest BCUT2D eigenvalue weighted by Crippen LogP contribution is -2.36. The first-order valence-electron chi connectivity index (χ1n) is 7.30. The Balaban J connectivity index is 1.54. The topological polar surface area (TPSA) is 61.6 Å². The van der Waals surface area contributed by atoms with E-state index in [1.54, 1.807) is 4.90 Å². The molecule has 0 spiro atoms. The Morgan fingerprint density at radius 3 is 2.77 bits per heavy atom. The monoisotopic (exact) mass is 300 g/mol. The van der Waals surface area contributed by atoms with Gasteiger partial charge in [-0.2, -0.15) is 0 Å². The molecule has 2 aromatic rings. The van der Waals surface area contributed by atoms with Crippen LogP contribution in [0.15, 0.2) is 34.7 Å². The van der Waals surface area contributed by atoms with Crippen molar-refractivity contribution in [1.29, 1.82) is 0 Å². The van der Waals surface area contributed by atoms with E-state index in [0.29, 0.717) is 32.1 Å². The maximum atomic E-state index is 12.2. The lowest BCUT2D eigenvalue weighted by atomic mass is 10.2. The van der Waals surface area contributed by atoms with E-state index in [1.165, 1.54) is 0 Å². The standard InChI is InChI=1S/C16H20N4O2/c1-19(2)11-15-18-13-9-20(10-14(13)22-15)16(21)17-8-12-6-4-3-5-7-12/h3-7H,8-11H2,1-2H3,(H,17,21). The van der Waals surface area contributed by atoms with E-state index in [2.05, 4.69) is 10.3 Å². The van der Waals surface area contributed by atoms with Crippen molar-refractivity contribution in [2.24, 2.45) is 0 Å². The van der Waals surface area contributed by atoms with Crippen LogP contribution < -0.4 is 5.32 Å². The van der Waals surface area contributed by atoms with Gasteiger partial charge in [-0.15, -0.1) is 0 Å². The van der Waals surface area contributed by atoms with Crippen molar-refractivity contribution in [1.82, 2.24) is 20.1 Å². The van der Waals surface area contributed by atoms with Gasteiger partial charge in [0.05, 0.1) is 19.6 Å². The number of nitrogens with zero attached hydrogens (tertiary/aromatic N) is 3. The maximum absolute atomic E-state index is 12.2. The predicted molar refractivity (Wildman–Crippen MR) is 81.8 cm³/mol. The zero-order chi connectivity index (χ0) is 15.5. The fourth-order valence-electron chi connectivity index (χ4n) is 2.46. The molecule has 116 valence electrons. The fourth-order valence-corrected chi connectivity index (χ4v) is 2.46. The first kappa shape index (κ1) is 14.6. The average Bonchev–Trinajstić information content (AvgIpc) is 3.03. The largest absolute Gasteiger partial charge is 0.442 e. The number of carbonyl (C=O) groups is 1. The Labute approximate surface area is 129 Å². The number of nitrogens with one attached hydrogen (secondary N) is 1. The summed E-state index contributed by atoms with van der Waals surface area (Å²) >= 11 is 0. The van der Waals surface area contributed by atoms with Gasteiger partial charge in [-0.1, -0.05) is 30.3 Å². The fraction of sp³-hybridized carbons (Fsp3) is 0.375. The summed E-state index contributed by atoms with van der Waals surface area (Å²) in [5.41, 5.74) is 1.95.